The molecule has 0 radical (unpaired) electrons. The lowest BCUT2D eigenvalue weighted by atomic mass is 10.0. The standard InChI is InChI=1S/C24H24F2N2O3/c1-17-7-3-2-4-9-19(16-30-17)23(29)28-14-13-24(25,26)21(15-28)31-22-12-11-18-8-5-6-10-20(18)27-22/h2,4-12,21H,3,13-16H2,1H3. The molecule has 1 saturated heterocycles. The summed E-state index contributed by atoms with van der Waals surface area (Å²) in [6.45, 7) is 1.64. The lowest BCUT2D eigenvalue weighted by Gasteiger charge is -2.38. The number of likely N-dealkylation sites (tertiary alicyclic amines) is 1. The number of allylic oxidation sites excluding steroid dienone is 5. The van der Waals surface area contributed by atoms with Crippen molar-refractivity contribution >= 4 is 16.8 Å². The summed E-state index contributed by atoms with van der Waals surface area (Å²) in [4.78, 5) is 18.8. The Kier molecular flexibility index (Phi) is 6.02. The quantitative estimate of drug-likeness (QED) is 0.717. The fourth-order valence-corrected chi connectivity index (χ4v) is 3.57. The van der Waals surface area contributed by atoms with Gasteiger partial charge in [-0.2, -0.15) is 0 Å². The second-order valence-electron chi connectivity index (χ2n) is 7.67. The van der Waals surface area contributed by atoms with Gasteiger partial charge in [-0.1, -0.05) is 36.4 Å². The Labute approximate surface area is 179 Å². The van der Waals surface area contributed by atoms with Crippen molar-refractivity contribution in [2.24, 2.45) is 0 Å². The molecule has 0 spiro atoms. The summed E-state index contributed by atoms with van der Waals surface area (Å²) in [6.07, 6.45) is 6.05. The number of hydrogen-bond acceptors (Lipinski definition) is 4. The van der Waals surface area contributed by atoms with Crippen LogP contribution in [0.2, 0.25) is 0 Å². The maximum Gasteiger partial charge on any atom is 0.287 e. The molecule has 7 heteroatoms. The minimum Gasteiger partial charge on any atom is -0.494 e. The maximum absolute atomic E-state index is 14.6. The van der Waals surface area contributed by atoms with Crippen LogP contribution in [-0.4, -0.2) is 47.5 Å². The Bertz CT molecular complexity index is 1060. The first-order valence-corrected chi connectivity index (χ1v) is 10.3. The molecular weight excluding hydrogens is 402 g/mol. The SMILES string of the molecule is CC1=CCC=CC=C(C(=O)N2CCC(F)(F)C(Oc3ccc4ccccc4n3)C2)CO1. The van der Waals surface area contributed by atoms with E-state index in [0.29, 0.717) is 17.5 Å². The molecule has 5 nitrogen and oxygen atoms in total. The minimum absolute atomic E-state index is 0.0489. The first-order chi connectivity index (χ1) is 14.9. The molecule has 0 aliphatic carbocycles. The van der Waals surface area contributed by atoms with Crippen molar-refractivity contribution in [3.05, 3.63) is 72.0 Å². The van der Waals surface area contributed by atoms with Crippen LogP contribution in [0.1, 0.15) is 19.8 Å². The normalized spacial score (nSPS) is 21.3. The lowest BCUT2D eigenvalue weighted by molar-refractivity contribution is -0.153. The third kappa shape index (κ3) is 4.93. The van der Waals surface area contributed by atoms with Gasteiger partial charge in [0.05, 0.1) is 23.4 Å². The highest BCUT2D eigenvalue weighted by Gasteiger charge is 2.47. The predicted octanol–water partition coefficient (Wildman–Crippen LogP) is 4.66. The molecular formula is C24H24F2N2O3. The maximum atomic E-state index is 14.6. The van der Waals surface area contributed by atoms with Crippen molar-refractivity contribution in [2.75, 3.05) is 19.7 Å². The van der Waals surface area contributed by atoms with E-state index in [-0.39, 0.29) is 31.5 Å². The van der Waals surface area contributed by atoms with Crippen LogP contribution in [0.15, 0.2) is 72.0 Å². The molecule has 162 valence electrons. The first kappa shape index (κ1) is 21.0. The van der Waals surface area contributed by atoms with Crippen LogP contribution in [0.5, 0.6) is 5.88 Å². The molecule has 4 rings (SSSR count). The summed E-state index contributed by atoms with van der Waals surface area (Å²) >= 11 is 0. The number of amides is 1. The van der Waals surface area contributed by atoms with Gasteiger partial charge in [0.25, 0.3) is 11.8 Å². The van der Waals surface area contributed by atoms with Crippen molar-refractivity contribution < 1.29 is 23.0 Å². The van der Waals surface area contributed by atoms with Crippen LogP contribution in [-0.2, 0) is 9.53 Å². The summed E-state index contributed by atoms with van der Waals surface area (Å²) < 4.78 is 40.5. The highest BCUT2D eigenvalue weighted by atomic mass is 19.3. The number of fused-ring (bicyclic) bond motifs is 1. The van der Waals surface area contributed by atoms with Crippen LogP contribution in [0, 0.1) is 0 Å². The van der Waals surface area contributed by atoms with Gasteiger partial charge in [0.15, 0.2) is 6.10 Å². The summed E-state index contributed by atoms with van der Waals surface area (Å²) in [6, 6.07) is 10.8. The Morgan fingerprint density at radius 3 is 2.97 bits per heavy atom. The summed E-state index contributed by atoms with van der Waals surface area (Å²) in [5.41, 5.74) is 1.08. The van der Waals surface area contributed by atoms with Crippen molar-refractivity contribution in [3.8, 4) is 5.88 Å². The zero-order valence-electron chi connectivity index (χ0n) is 17.3. The van der Waals surface area contributed by atoms with E-state index in [1.807, 2.05) is 37.3 Å². The number of nitrogens with zero attached hydrogens (tertiary/aromatic N) is 2. The number of carbonyl (C=O) groups is 1. The average molecular weight is 426 g/mol. The van der Waals surface area contributed by atoms with E-state index in [4.69, 9.17) is 9.47 Å². The number of piperidine rings is 1. The third-order valence-electron chi connectivity index (χ3n) is 5.40. The summed E-state index contributed by atoms with van der Waals surface area (Å²) in [7, 11) is 0. The number of para-hydroxylation sites is 1. The summed E-state index contributed by atoms with van der Waals surface area (Å²) in [5.74, 6) is -2.55. The van der Waals surface area contributed by atoms with E-state index in [1.54, 1.807) is 30.4 Å². The second kappa shape index (κ2) is 8.88. The van der Waals surface area contributed by atoms with Crippen molar-refractivity contribution in [3.63, 3.8) is 0 Å². The molecule has 0 saturated carbocycles. The fourth-order valence-electron chi connectivity index (χ4n) is 3.57. The van der Waals surface area contributed by atoms with E-state index >= 15 is 0 Å². The van der Waals surface area contributed by atoms with Crippen LogP contribution in [0.4, 0.5) is 8.78 Å². The van der Waals surface area contributed by atoms with Gasteiger partial charge in [0.2, 0.25) is 5.88 Å². The fraction of sp³-hybridized carbons (Fsp3) is 0.333. The summed E-state index contributed by atoms with van der Waals surface area (Å²) in [5, 5.41) is 0.895. The van der Waals surface area contributed by atoms with Crippen LogP contribution in [0.25, 0.3) is 10.9 Å². The van der Waals surface area contributed by atoms with Gasteiger partial charge < -0.3 is 14.4 Å². The first-order valence-electron chi connectivity index (χ1n) is 10.3. The number of halogens is 2. The second-order valence-corrected chi connectivity index (χ2v) is 7.67. The van der Waals surface area contributed by atoms with E-state index in [0.717, 1.165) is 11.1 Å². The number of carbonyl (C=O) groups excluding carboxylic acids is 1. The van der Waals surface area contributed by atoms with Crippen molar-refractivity contribution in [1.82, 2.24) is 9.88 Å². The molecule has 31 heavy (non-hydrogen) atoms. The van der Waals surface area contributed by atoms with E-state index < -0.39 is 18.4 Å². The molecule has 3 heterocycles. The molecule has 1 amide bonds. The molecule has 1 unspecified atom stereocenters. The van der Waals surface area contributed by atoms with Gasteiger partial charge in [-0.3, -0.25) is 4.79 Å². The molecule has 1 atom stereocenters. The van der Waals surface area contributed by atoms with Gasteiger partial charge in [-0.15, -0.1) is 0 Å². The molecule has 1 fully saturated rings. The topological polar surface area (TPSA) is 51.7 Å². The zero-order chi connectivity index (χ0) is 21.8. The highest BCUT2D eigenvalue weighted by molar-refractivity contribution is 5.94. The van der Waals surface area contributed by atoms with Crippen LogP contribution < -0.4 is 4.74 Å². The van der Waals surface area contributed by atoms with Crippen molar-refractivity contribution in [1.29, 1.82) is 0 Å². The largest absolute Gasteiger partial charge is 0.494 e. The van der Waals surface area contributed by atoms with Crippen LogP contribution >= 0.6 is 0 Å². The van der Waals surface area contributed by atoms with Crippen molar-refractivity contribution in [2.45, 2.75) is 31.8 Å². The zero-order valence-corrected chi connectivity index (χ0v) is 17.3. The molecule has 2 aliphatic rings. The number of hydrogen-bond donors (Lipinski definition) is 0. The lowest BCUT2D eigenvalue weighted by Crippen LogP contribution is -2.55. The third-order valence-corrected chi connectivity index (χ3v) is 5.40. The van der Waals surface area contributed by atoms with E-state index in [9.17, 15) is 13.6 Å². The van der Waals surface area contributed by atoms with E-state index in [1.165, 1.54) is 4.90 Å². The Morgan fingerprint density at radius 1 is 1.26 bits per heavy atom. The van der Waals surface area contributed by atoms with Gasteiger partial charge in [0.1, 0.15) is 6.61 Å². The molecule has 2 aromatic rings. The highest BCUT2D eigenvalue weighted by Crippen LogP contribution is 2.32. The number of ether oxygens (including phenoxy) is 2. The molecule has 0 N–H and O–H groups in total. The van der Waals surface area contributed by atoms with Gasteiger partial charge >= 0.3 is 0 Å². The Hall–Kier alpha value is -3.22. The van der Waals surface area contributed by atoms with Crippen LogP contribution in [0.3, 0.4) is 0 Å². The number of rotatable bonds is 3. The van der Waals surface area contributed by atoms with Gasteiger partial charge in [-0.25, -0.2) is 13.8 Å². The molecule has 0 bridgehead atoms. The van der Waals surface area contributed by atoms with E-state index in [2.05, 4.69) is 4.98 Å². The number of aromatic nitrogens is 1. The molecule has 2 aliphatic heterocycles. The average Bonchev–Trinajstić information content (AvgIpc) is 2.86. The predicted molar refractivity (Wildman–Crippen MR) is 114 cm³/mol. The number of alkyl halides is 2. The smallest absolute Gasteiger partial charge is 0.287 e. The Morgan fingerprint density at radius 2 is 2.10 bits per heavy atom. The number of benzene rings is 1. The minimum atomic E-state index is -3.06. The van der Waals surface area contributed by atoms with Gasteiger partial charge in [0, 0.05) is 24.4 Å². The van der Waals surface area contributed by atoms with Gasteiger partial charge in [-0.05, 0) is 31.6 Å². The molecule has 1 aromatic heterocycles. The monoisotopic (exact) mass is 426 g/mol. The Balaban J connectivity index is 1.50. The number of pyridine rings is 1. The molecule has 1 aromatic carbocycles.